The number of anilines is 4. The van der Waals surface area contributed by atoms with E-state index in [1.165, 1.54) is 26.4 Å². The number of para-hydroxylation sites is 1. The number of aromatic nitrogens is 3. The Bertz CT molecular complexity index is 1600. The monoisotopic (exact) mass is 546 g/mol. The van der Waals surface area contributed by atoms with Gasteiger partial charge in [0.1, 0.15) is 5.52 Å². The van der Waals surface area contributed by atoms with Gasteiger partial charge in [-0.2, -0.15) is 0 Å². The molecule has 3 N–H and O–H groups in total. The molecule has 40 heavy (non-hydrogen) atoms. The van der Waals surface area contributed by atoms with Crippen molar-refractivity contribution in [3.05, 3.63) is 66.4 Å². The highest BCUT2D eigenvalue weighted by Crippen LogP contribution is 2.39. The van der Waals surface area contributed by atoms with Gasteiger partial charge in [0.05, 0.1) is 36.9 Å². The summed E-state index contributed by atoms with van der Waals surface area (Å²) in [4.78, 5) is 25.7. The third-order valence-corrected chi connectivity index (χ3v) is 6.60. The van der Waals surface area contributed by atoms with Crippen LogP contribution in [0.25, 0.3) is 22.2 Å². The van der Waals surface area contributed by atoms with Crippen LogP contribution in [0.1, 0.15) is 18.4 Å². The SMILES string of the molecule is C=CC(=O)Nc1cccc(C)c1Nc1ncc2cc(-c3c(F)c(OC)cc(OC)c3F)nc(NCC3CC3)c2n1. The number of methoxy groups -OCH3 is 2. The average molecular weight is 547 g/mol. The molecule has 1 aliphatic carbocycles. The maximum absolute atomic E-state index is 15.3. The van der Waals surface area contributed by atoms with Gasteiger partial charge >= 0.3 is 0 Å². The Morgan fingerprint density at radius 3 is 2.50 bits per heavy atom. The van der Waals surface area contributed by atoms with Crippen molar-refractivity contribution >= 4 is 40.0 Å². The van der Waals surface area contributed by atoms with Gasteiger partial charge in [0.15, 0.2) is 29.0 Å². The van der Waals surface area contributed by atoms with Gasteiger partial charge in [0, 0.05) is 24.2 Å². The number of pyridine rings is 1. The summed E-state index contributed by atoms with van der Waals surface area (Å²) in [5, 5.41) is 9.77. The zero-order chi connectivity index (χ0) is 28.4. The summed E-state index contributed by atoms with van der Waals surface area (Å²) in [6, 6.07) is 8.12. The molecule has 1 saturated carbocycles. The van der Waals surface area contributed by atoms with Crippen LogP contribution in [0, 0.1) is 24.5 Å². The molecule has 0 unspecified atom stereocenters. The molecule has 4 aromatic rings. The van der Waals surface area contributed by atoms with Crippen molar-refractivity contribution < 1.29 is 23.0 Å². The van der Waals surface area contributed by atoms with Crippen molar-refractivity contribution in [1.82, 2.24) is 15.0 Å². The highest BCUT2D eigenvalue weighted by Gasteiger charge is 2.25. The number of nitrogens with one attached hydrogen (secondary N) is 3. The minimum Gasteiger partial charge on any atom is -0.494 e. The molecule has 0 radical (unpaired) electrons. The Labute approximate surface area is 229 Å². The molecule has 1 aliphatic rings. The van der Waals surface area contributed by atoms with Gasteiger partial charge in [-0.3, -0.25) is 4.79 Å². The summed E-state index contributed by atoms with van der Waals surface area (Å²) in [6.45, 7) is 6.02. The number of aryl methyl sites for hydroxylation is 1. The van der Waals surface area contributed by atoms with E-state index in [2.05, 4.69) is 37.5 Å². The minimum atomic E-state index is -0.895. The van der Waals surface area contributed by atoms with Gasteiger partial charge in [-0.05, 0) is 49.5 Å². The Balaban J connectivity index is 1.61. The lowest BCUT2D eigenvalue weighted by Crippen LogP contribution is -2.11. The minimum absolute atomic E-state index is 0.0376. The van der Waals surface area contributed by atoms with E-state index in [4.69, 9.17) is 9.47 Å². The first-order chi connectivity index (χ1) is 19.3. The number of fused-ring (bicyclic) bond motifs is 1. The molecule has 206 valence electrons. The number of halogens is 2. The predicted octanol–water partition coefficient (Wildman–Crippen LogP) is 5.99. The average Bonchev–Trinajstić information content (AvgIpc) is 3.78. The number of ether oxygens (including phenoxy) is 2. The van der Waals surface area contributed by atoms with Crippen molar-refractivity contribution in [1.29, 1.82) is 0 Å². The second-order valence-electron chi connectivity index (χ2n) is 9.41. The Morgan fingerprint density at radius 2 is 1.85 bits per heavy atom. The van der Waals surface area contributed by atoms with Crippen molar-refractivity contribution in [3.63, 3.8) is 0 Å². The number of hydrogen-bond acceptors (Lipinski definition) is 8. The number of carbonyl (C=O) groups is 1. The molecular formula is C29H28F2N6O3. The van der Waals surface area contributed by atoms with Crippen molar-refractivity contribution in [2.24, 2.45) is 5.92 Å². The molecule has 2 aromatic heterocycles. The number of rotatable bonds is 10. The summed E-state index contributed by atoms with van der Waals surface area (Å²) < 4.78 is 40.9. The van der Waals surface area contributed by atoms with Gasteiger partial charge < -0.3 is 25.4 Å². The van der Waals surface area contributed by atoms with Gasteiger partial charge in [-0.1, -0.05) is 18.7 Å². The molecule has 1 amide bonds. The quantitative estimate of drug-likeness (QED) is 0.208. The van der Waals surface area contributed by atoms with E-state index < -0.39 is 11.6 Å². The lowest BCUT2D eigenvalue weighted by molar-refractivity contribution is -0.111. The molecule has 5 rings (SSSR count). The highest BCUT2D eigenvalue weighted by molar-refractivity contribution is 6.02. The van der Waals surface area contributed by atoms with Crippen molar-refractivity contribution in [3.8, 4) is 22.8 Å². The lowest BCUT2D eigenvalue weighted by Gasteiger charge is -2.16. The van der Waals surface area contributed by atoms with E-state index in [9.17, 15) is 4.79 Å². The van der Waals surface area contributed by atoms with Crippen LogP contribution in [-0.4, -0.2) is 41.6 Å². The topological polar surface area (TPSA) is 110 Å². The van der Waals surface area contributed by atoms with E-state index in [0.717, 1.165) is 24.5 Å². The molecule has 11 heteroatoms. The van der Waals surface area contributed by atoms with Crippen LogP contribution in [0.3, 0.4) is 0 Å². The highest BCUT2D eigenvalue weighted by atomic mass is 19.1. The molecule has 0 bridgehead atoms. The number of carbonyl (C=O) groups excluding carboxylic acids is 1. The summed E-state index contributed by atoms with van der Waals surface area (Å²) >= 11 is 0. The molecule has 0 atom stereocenters. The van der Waals surface area contributed by atoms with Gasteiger partial charge in [0.25, 0.3) is 0 Å². The molecule has 2 heterocycles. The van der Waals surface area contributed by atoms with Crippen LogP contribution in [0.5, 0.6) is 11.5 Å². The van der Waals surface area contributed by atoms with Crippen LogP contribution in [-0.2, 0) is 4.79 Å². The fourth-order valence-corrected chi connectivity index (χ4v) is 4.26. The third-order valence-electron chi connectivity index (χ3n) is 6.60. The Hall–Kier alpha value is -4.80. The maximum Gasteiger partial charge on any atom is 0.247 e. The third kappa shape index (κ3) is 5.35. The Morgan fingerprint density at radius 1 is 1.12 bits per heavy atom. The van der Waals surface area contributed by atoms with E-state index in [0.29, 0.717) is 40.6 Å². The van der Waals surface area contributed by atoms with Crippen LogP contribution in [0.2, 0.25) is 0 Å². The first kappa shape index (κ1) is 26.8. The molecule has 9 nitrogen and oxygen atoms in total. The smallest absolute Gasteiger partial charge is 0.247 e. The van der Waals surface area contributed by atoms with E-state index >= 15 is 8.78 Å². The second kappa shape index (κ2) is 11.1. The first-order valence-electron chi connectivity index (χ1n) is 12.6. The van der Waals surface area contributed by atoms with Crippen molar-refractivity contribution in [2.75, 3.05) is 36.7 Å². The van der Waals surface area contributed by atoms with Crippen LogP contribution >= 0.6 is 0 Å². The first-order valence-corrected chi connectivity index (χ1v) is 12.6. The van der Waals surface area contributed by atoms with Crippen LogP contribution in [0.15, 0.2) is 49.2 Å². The normalized spacial score (nSPS) is 12.6. The number of amides is 1. The van der Waals surface area contributed by atoms with E-state index in [-0.39, 0.29) is 34.6 Å². The standard InChI is InChI=1S/C29H28F2N6O3/c1-5-22(38)34-18-8-6-7-15(2)26(18)36-29-33-14-17-11-19(35-28(27(17)37-29)32-13-16-9-10-16)23-24(30)20(39-3)12-21(40-4)25(23)31/h5-8,11-12,14,16H,1,9-10,13H2,2-4H3,(H,32,35)(H,34,38)(H,33,36,37). The van der Waals surface area contributed by atoms with Crippen molar-refractivity contribution in [2.45, 2.75) is 19.8 Å². The molecule has 0 aliphatic heterocycles. The Kier molecular flexibility index (Phi) is 7.45. The zero-order valence-corrected chi connectivity index (χ0v) is 22.3. The largest absolute Gasteiger partial charge is 0.494 e. The van der Waals surface area contributed by atoms with E-state index in [1.54, 1.807) is 12.3 Å². The predicted molar refractivity (Wildman–Crippen MR) is 150 cm³/mol. The molecule has 0 spiro atoms. The number of benzene rings is 2. The van der Waals surface area contributed by atoms with Gasteiger partial charge in [-0.25, -0.2) is 23.7 Å². The second-order valence-corrected chi connectivity index (χ2v) is 9.41. The maximum atomic E-state index is 15.3. The number of hydrogen-bond donors (Lipinski definition) is 3. The van der Waals surface area contributed by atoms with Gasteiger partial charge in [-0.15, -0.1) is 0 Å². The molecular weight excluding hydrogens is 518 g/mol. The summed E-state index contributed by atoms with van der Waals surface area (Å²) in [6.07, 6.45) is 4.92. The fourth-order valence-electron chi connectivity index (χ4n) is 4.26. The number of nitrogens with zero attached hydrogens (tertiary/aromatic N) is 3. The summed E-state index contributed by atoms with van der Waals surface area (Å²) in [7, 11) is 2.59. The molecule has 1 fully saturated rings. The van der Waals surface area contributed by atoms with E-state index in [1.807, 2.05) is 19.1 Å². The van der Waals surface area contributed by atoms with Crippen LogP contribution in [0.4, 0.5) is 31.9 Å². The summed E-state index contributed by atoms with van der Waals surface area (Å²) in [5.41, 5.74) is 2.12. The zero-order valence-electron chi connectivity index (χ0n) is 22.3. The molecule has 2 aromatic carbocycles. The fraction of sp³-hybridized carbons (Fsp3) is 0.241. The summed E-state index contributed by atoms with van der Waals surface area (Å²) in [5.74, 6) is -1.39. The van der Waals surface area contributed by atoms with Crippen LogP contribution < -0.4 is 25.4 Å². The lowest BCUT2D eigenvalue weighted by atomic mass is 10.1. The molecule has 0 saturated heterocycles. The van der Waals surface area contributed by atoms with Gasteiger partial charge in [0.2, 0.25) is 11.9 Å².